The number of non-ortho nitro benzene ring substituents is 1. The average molecular weight is 458 g/mol. The zero-order chi connectivity index (χ0) is 23.7. The third kappa shape index (κ3) is 4.07. The van der Waals surface area contributed by atoms with E-state index in [9.17, 15) is 19.7 Å². The molecule has 0 N–H and O–H groups in total. The highest BCUT2D eigenvalue weighted by atomic mass is 16.7. The van der Waals surface area contributed by atoms with E-state index in [1.165, 1.54) is 36.4 Å². The Kier molecular flexibility index (Phi) is 5.23. The quantitative estimate of drug-likeness (QED) is 0.185. The minimum absolute atomic E-state index is 0.0140. The lowest BCUT2D eigenvalue weighted by molar-refractivity contribution is -0.384. The van der Waals surface area contributed by atoms with Gasteiger partial charge in [0.15, 0.2) is 17.2 Å². The first kappa shape index (κ1) is 20.9. The number of nitro groups is 1. The number of nitrogens with zero attached hydrogens (tertiary/aromatic N) is 2. The Hall–Kier alpha value is -4.99. The number of hydrogen-bond donors (Lipinski definition) is 0. The van der Waals surface area contributed by atoms with Crippen LogP contribution >= 0.6 is 0 Å². The molecule has 0 aromatic heterocycles. The van der Waals surface area contributed by atoms with Gasteiger partial charge in [-0.05, 0) is 42.5 Å². The van der Waals surface area contributed by atoms with Gasteiger partial charge in [0.1, 0.15) is 5.75 Å². The van der Waals surface area contributed by atoms with Crippen molar-refractivity contribution in [3.8, 4) is 17.2 Å². The number of rotatable bonds is 5. The Morgan fingerprint density at radius 3 is 2.59 bits per heavy atom. The summed E-state index contributed by atoms with van der Waals surface area (Å²) >= 11 is 0. The van der Waals surface area contributed by atoms with Crippen molar-refractivity contribution < 1.29 is 33.5 Å². The number of nitro benzene ring substituents is 1. The number of hydrogen-bond acceptors (Lipinski definition) is 9. The molecule has 0 aliphatic carbocycles. The van der Waals surface area contributed by atoms with Crippen LogP contribution in [0.3, 0.4) is 0 Å². The van der Waals surface area contributed by atoms with Crippen molar-refractivity contribution in [1.29, 1.82) is 0 Å². The third-order valence-corrected chi connectivity index (χ3v) is 4.97. The van der Waals surface area contributed by atoms with Gasteiger partial charge in [-0.25, -0.2) is 14.6 Å². The van der Waals surface area contributed by atoms with E-state index in [1.54, 1.807) is 36.4 Å². The van der Waals surface area contributed by atoms with E-state index >= 15 is 0 Å². The summed E-state index contributed by atoms with van der Waals surface area (Å²) in [5.41, 5.74) is 0.996. The summed E-state index contributed by atoms with van der Waals surface area (Å²) in [5.74, 6) is -0.0984. The molecule has 2 aliphatic rings. The van der Waals surface area contributed by atoms with Crippen molar-refractivity contribution in [2.24, 2.45) is 4.99 Å². The molecular weight excluding hydrogens is 444 g/mol. The van der Waals surface area contributed by atoms with E-state index in [-0.39, 0.29) is 35.4 Å². The number of ether oxygens (including phenoxy) is 4. The van der Waals surface area contributed by atoms with Crippen molar-refractivity contribution in [1.82, 2.24) is 0 Å². The van der Waals surface area contributed by atoms with Crippen LogP contribution in [0.2, 0.25) is 0 Å². The maximum absolute atomic E-state index is 12.7. The van der Waals surface area contributed by atoms with E-state index < -0.39 is 16.9 Å². The third-order valence-electron chi connectivity index (χ3n) is 4.97. The average Bonchev–Trinajstić information content (AvgIpc) is 3.46. The van der Waals surface area contributed by atoms with Gasteiger partial charge in [0.25, 0.3) is 5.69 Å². The van der Waals surface area contributed by atoms with Crippen molar-refractivity contribution in [2.75, 3.05) is 6.79 Å². The molecule has 0 fully saturated rings. The van der Waals surface area contributed by atoms with Gasteiger partial charge in [-0.15, -0.1) is 0 Å². The first-order valence-corrected chi connectivity index (χ1v) is 9.96. The van der Waals surface area contributed by atoms with Crippen molar-refractivity contribution in [2.45, 2.75) is 0 Å². The van der Waals surface area contributed by atoms with Gasteiger partial charge in [0.2, 0.25) is 12.7 Å². The van der Waals surface area contributed by atoms with Gasteiger partial charge in [0.05, 0.1) is 10.5 Å². The molecule has 0 unspecified atom stereocenters. The van der Waals surface area contributed by atoms with Crippen LogP contribution in [0.4, 0.5) is 5.69 Å². The fourth-order valence-electron chi connectivity index (χ4n) is 3.28. The van der Waals surface area contributed by atoms with E-state index in [2.05, 4.69) is 4.99 Å². The molecule has 0 amide bonds. The van der Waals surface area contributed by atoms with E-state index in [4.69, 9.17) is 18.9 Å². The molecule has 0 radical (unpaired) electrons. The summed E-state index contributed by atoms with van der Waals surface area (Å²) in [6.07, 6.45) is 1.43. The zero-order valence-electron chi connectivity index (χ0n) is 17.3. The predicted octanol–water partition coefficient (Wildman–Crippen LogP) is 3.89. The zero-order valence-corrected chi connectivity index (χ0v) is 17.3. The second-order valence-corrected chi connectivity index (χ2v) is 7.14. The van der Waals surface area contributed by atoms with Gasteiger partial charge < -0.3 is 18.9 Å². The molecule has 5 rings (SSSR count). The molecule has 2 heterocycles. The van der Waals surface area contributed by atoms with Crippen LogP contribution < -0.4 is 14.2 Å². The smallest absolute Gasteiger partial charge is 0.363 e. The monoisotopic (exact) mass is 458 g/mol. The van der Waals surface area contributed by atoms with Gasteiger partial charge in [-0.1, -0.05) is 18.2 Å². The first-order valence-electron chi connectivity index (χ1n) is 9.96. The molecule has 3 aromatic carbocycles. The number of aliphatic imine (C=N–C) groups is 1. The lowest BCUT2D eigenvalue weighted by Crippen LogP contribution is -2.09. The Bertz CT molecular complexity index is 1390. The van der Waals surface area contributed by atoms with Gasteiger partial charge in [0, 0.05) is 23.3 Å². The Labute approximate surface area is 191 Å². The molecule has 0 saturated carbocycles. The summed E-state index contributed by atoms with van der Waals surface area (Å²) in [5, 5.41) is 10.8. The lowest BCUT2D eigenvalue weighted by atomic mass is 10.1. The van der Waals surface area contributed by atoms with Crippen LogP contribution in [-0.4, -0.2) is 29.6 Å². The van der Waals surface area contributed by atoms with Crippen molar-refractivity contribution in [3.63, 3.8) is 0 Å². The number of carbonyl (C=O) groups is 2. The highest BCUT2D eigenvalue weighted by molar-refractivity contribution is 6.13. The summed E-state index contributed by atoms with van der Waals surface area (Å²) < 4.78 is 21.3. The first-order chi connectivity index (χ1) is 16.5. The second kappa shape index (κ2) is 8.51. The maximum atomic E-state index is 12.7. The molecule has 34 heavy (non-hydrogen) atoms. The van der Waals surface area contributed by atoms with Gasteiger partial charge in [-0.2, -0.15) is 0 Å². The van der Waals surface area contributed by atoms with Crippen LogP contribution in [0.25, 0.3) is 6.08 Å². The summed E-state index contributed by atoms with van der Waals surface area (Å²) in [6, 6.07) is 16.8. The second-order valence-electron chi connectivity index (χ2n) is 7.14. The van der Waals surface area contributed by atoms with Crippen LogP contribution in [-0.2, 0) is 9.53 Å². The molecule has 0 spiro atoms. The Morgan fingerprint density at radius 2 is 1.79 bits per heavy atom. The maximum Gasteiger partial charge on any atom is 0.363 e. The van der Waals surface area contributed by atoms with E-state index in [0.717, 1.165) is 0 Å². The number of para-hydroxylation sites is 1. The van der Waals surface area contributed by atoms with Gasteiger partial charge in [-0.3, -0.25) is 10.1 Å². The van der Waals surface area contributed by atoms with Crippen molar-refractivity contribution >= 4 is 29.6 Å². The van der Waals surface area contributed by atoms with Gasteiger partial charge >= 0.3 is 11.9 Å². The highest BCUT2D eigenvalue weighted by Crippen LogP contribution is 2.33. The Morgan fingerprint density at radius 1 is 1.03 bits per heavy atom. The number of cyclic esters (lactones) is 1. The van der Waals surface area contributed by atoms with Crippen LogP contribution in [0.15, 0.2) is 77.4 Å². The minimum Gasteiger partial charge on any atom is -0.454 e. The minimum atomic E-state index is -0.703. The molecule has 0 bridgehead atoms. The summed E-state index contributed by atoms with van der Waals surface area (Å²) in [4.78, 5) is 39.5. The number of carbonyl (C=O) groups excluding carboxylic acids is 2. The molecule has 3 aromatic rings. The molecule has 168 valence electrons. The summed E-state index contributed by atoms with van der Waals surface area (Å²) in [6.45, 7) is 0.0860. The fraction of sp³-hybridized carbons (Fsp3) is 0.0417. The van der Waals surface area contributed by atoms with Crippen molar-refractivity contribution in [3.05, 3.63) is 99.2 Å². The largest absolute Gasteiger partial charge is 0.454 e. The molecule has 10 heteroatoms. The summed E-state index contributed by atoms with van der Waals surface area (Å²) in [7, 11) is 0. The number of esters is 2. The normalized spacial score (nSPS) is 15.1. The van der Waals surface area contributed by atoms with E-state index in [1.807, 2.05) is 0 Å². The van der Waals surface area contributed by atoms with E-state index in [0.29, 0.717) is 22.6 Å². The number of benzene rings is 3. The van der Waals surface area contributed by atoms with Crippen LogP contribution in [0.5, 0.6) is 17.2 Å². The SMILES string of the molecule is O=C1OC(c2ccc([N+](=O)[O-])cc2)=N/C1=C\c1ccccc1OC(=O)c1ccc2c(c1)OCO2. The van der Waals surface area contributed by atoms with Crippen LogP contribution in [0, 0.1) is 10.1 Å². The predicted molar refractivity (Wildman–Crippen MR) is 118 cm³/mol. The number of fused-ring (bicyclic) bond motifs is 1. The Balaban J connectivity index is 1.39. The molecule has 0 saturated heterocycles. The molecule has 0 atom stereocenters. The van der Waals surface area contributed by atoms with Crippen LogP contribution in [0.1, 0.15) is 21.5 Å². The lowest BCUT2D eigenvalue weighted by Gasteiger charge is -2.08. The fourth-order valence-corrected chi connectivity index (χ4v) is 3.28. The highest BCUT2D eigenvalue weighted by Gasteiger charge is 2.25. The standard InChI is InChI=1S/C24H14N2O8/c27-23(16-7-10-20-21(12-16)32-13-31-20)33-19-4-2-1-3-15(19)11-18-24(28)34-22(25-18)14-5-8-17(9-6-14)26(29)30/h1-12H,13H2/b18-11-. The molecule has 2 aliphatic heterocycles. The molecule has 10 nitrogen and oxygen atoms in total. The molecular formula is C24H14N2O8. The topological polar surface area (TPSA) is 127 Å².